The molecule has 6 rings (SSSR count). The van der Waals surface area contributed by atoms with Crippen LogP contribution in [0.15, 0.2) is 72.8 Å². The molecule has 0 N–H and O–H groups in total. The summed E-state index contributed by atoms with van der Waals surface area (Å²) < 4.78 is 22.8. The minimum Gasteiger partial charge on any atom is -0.497 e. The number of rotatable bonds is 7. The number of nitrogens with zero attached hydrogens (tertiary/aromatic N) is 3. The molecular weight excluding hydrogens is 534 g/mol. The van der Waals surface area contributed by atoms with Crippen molar-refractivity contribution in [1.29, 1.82) is 0 Å². The Morgan fingerprint density at radius 3 is 2.17 bits per heavy atom. The fourth-order valence-electron chi connectivity index (χ4n) is 6.21. The maximum absolute atomic E-state index is 14.2. The van der Waals surface area contributed by atoms with Crippen molar-refractivity contribution in [3.63, 3.8) is 0 Å². The average Bonchev–Trinajstić information content (AvgIpc) is 3.05. The number of anilines is 1. The summed E-state index contributed by atoms with van der Waals surface area (Å²) in [6, 6.07) is 22.5. The van der Waals surface area contributed by atoms with E-state index < -0.39 is 6.04 Å². The van der Waals surface area contributed by atoms with Crippen LogP contribution in [0, 0.1) is 5.92 Å². The molecule has 3 aliphatic rings. The van der Waals surface area contributed by atoms with Crippen LogP contribution in [0.25, 0.3) is 0 Å². The SMILES string of the molecule is COc1ccc([C@@H]2[C@H](C(=O)N3CCN(C[C@H]4COc5ccccc5O4)CC3)CCC(=O)N2c2ccc(OC)cc2)cc1. The number of amides is 2. The van der Waals surface area contributed by atoms with Gasteiger partial charge in [-0.25, -0.2) is 0 Å². The summed E-state index contributed by atoms with van der Waals surface area (Å²) in [5, 5.41) is 0. The Balaban J connectivity index is 1.17. The number of ether oxygens (including phenoxy) is 4. The third-order valence-corrected chi connectivity index (χ3v) is 8.44. The molecule has 3 aliphatic heterocycles. The van der Waals surface area contributed by atoms with Gasteiger partial charge in [0.15, 0.2) is 11.5 Å². The molecule has 0 saturated carbocycles. The maximum atomic E-state index is 14.2. The molecule has 220 valence electrons. The van der Waals surface area contributed by atoms with E-state index in [1.54, 1.807) is 19.1 Å². The van der Waals surface area contributed by atoms with Gasteiger partial charge in [0.1, 0.15) is 24.2 Å². The first-order chi connectivity index (χ1) is 20.5. The van der Waals surface area contributed by atoms with Gasteiger partial charge in [-0.05, 0) is 60.5 Å². The van der Waals surface area contributed by atoms with Gasteiger partial charge in [-0.1, -0.05) is 24.3 Å². The zero-order valence-corrected chi connectivity index (χ0v) is 24.1. The summed E-state index contributed by atoms with van der Waals surface area (Å²) in [4.78, 5) is 33.7. The fourth-order valence-corrected chi connectivity index (χ4v) is 6.21. The Kier molecular flexibility index (Phi) is 8.19. The van der Waals surface area contributed by atoms with Gasteiger partial charge in [0.2, 0.25) is 11.8 Å². The predicted octanol–water partition coefficient (Wildman–Crippen LogP) is 4.17. The molecule has 0 radical (unpaired) electrons. The van der Waals surface area contributed by atoms with Crippen LogP contribution in [0.4, 0.5) is 5.69 Å². The summed E-state index contributed by atoms with van der Waals surface area (Å²) >= 11 is 0. The van der Waals surface area contributed by atoms with Crippen molar-refractivity contribution in [2.45, 2.75) is 25.0 Å². The van der Waals surface area contributed by atoms with Gasteiger partial charge < -0.3 is 28.7 Å². The van der Waals surface area contributed by atoms with Crippen LogP contribution in [-0.4, -0.2) is 81.3 Å². The lowest BCUT2D eigenvalue weighted by molar-refractivity contribution is -0.140. The standard InChI is InChI=1S/C33H37N3O6/c1-39-25-11-7-23(8-12-25)32-28(15-16-31(37)36(32)24-9-13-26(40-2)14-10-24)33(38)35-19-17-34(18-20-35)21-27-22-41-29-5-3-4-6-30(29)42-27/h3-14,27-28,32H,15-22H2,1-2H3/t27-,28+,32+/m0/s1. The molecule has 0 bridgehead atoms. The largest absolute Gasteiger partial charge is 0.497 e. The predicted molar refractivity (Wildman–Crippen MR) is 158 cm³/mol. The quantitative estimate of drug-likeness (QED) is 0.421. The number of methoxy groups -OCH3 is 2. The molecule has 9 heteroatoms. The summed E-state index contributed by atoms with van der Waals surface area (Å²) in [6.07, 6.45) is 0.771. The van der Waals surface area contributed by atoms with Gasteiger partial charge in [-0.3, -0.25) is 14.5 Å². The first kappa shape index (κ1) is 27.9. The molecule has 0 aliphatic carbocycles. The Hall–Kier alpha value is -4.24. The second-order valence-corrected chi connectivity index (χ2v) is 10.9. The number of para-hydroxylation sites is 2. The summed E-state index contributed by atoms with van der Waals surface area (Å²) in [7, 11) is 3.24. The fraction of sp³-hybridized carbons (Fsp3) is 0.394. The van der Waals surface area contributed by atoms with Crippen molar-refractivity contribution >= 4 is 17.5 Å². The highest BCUT2D eigenvalue weighted by molar-refractivity contribution is 5.97. The van der Waals surface area contributed by atoms with E-state index >= 15 is 0 Å². The second-order valence-electron chi connectivity index (χ2n) is 10.9. The lowest BCUT2D eigenvalue weighted by Crippen LogP contribution is -2.55. The van der Waals surface area contributed by atoms with E-state index in [0.717, 1.165) is 48.1 Å². The monoisotopic (exact) mass is 571 g/mol. The average molecular weight is 572 g/mol. The number of piperazine rings is 1. The number of carbonyl (C=O) groups excluding carboxylic acids is 2. The van der Waals surface area contributed by atoms with Crippen molar-refractivity contribution in [1.82, 2.24) is 9.80 Å². The van der Waals surface area contributed by atoms with E-state index in [2.05, 4.69) is 4.90 Å². The van der Waals surface area contributed by atoms with Crippen molar-refractivity contribution in [2.24, 2.45) is 5.92 Å². The summed E-state index contributed by atoms with van der Waals surface area (Å²) in [5.74, 6) is 2.73. The molecule has 2 saturated heterocycles. The first-order valence-electron chi connectivity index (χ1n) is 14.5. The highest BCUT2D eigenvalue weighted by Crippen LogP contribution is 2.42. The molecule has 0 aromatic heterocycles. The maximum Gasteiger partial charge on any atom is 0.228 e. The molecule has 9 nitrogen and oxygen atoms in total. The zero-order chi connectivity index (χ0) is 29.1. The highest BCUT2D eigenvalue weighted by Gasteiger charge is 2.43. The van der Waals surface area contributed by atoms with E-state index in [-0.39, 0.29) is 23.8 Å². The van der Waals surface area contributed by atoms with Gasteiger partial charge in [-0.2, -0.15) is 0 Å². The Morgan fingerprint density at radius 2 is 1.50 bits per heavy atom. The van der Waals surface area contributed by atoms with Crippen molar-refractivity contribution in [2.75, 3.05) is 58.5 Å². The topological polar surface area (TPSA) is 80.8 Å². The van der Waals surface area contributed by atoms with Crippen molar-refractivity contribution < 1.29 is 28.5 Å². The normalized spacial score (nSPS) is 22.5. The molecule has 0 spiro atoms. The van der Waals surface area contributed by atoms with E-state index in [4.69, 9.17) is 18.9 Å². The van der Waals surface area contributed by atoms with Gasteiger partial charge in [-0.15, -0.1) is 0 Å². The van der Waals surface area contributed by atoms with Gasteiger partial charge >= 0.3 is 0 Å². The van der Waals surface area contributed by atoms with Crippen LogP contribution in [0.5, 0.6) is 23.0 Å². The van der Waals surface area contributed by atoms with Crippen LogP contribution < -0.4 is 23.8 Å². The molecule has 2 amide bonds. The van der Waals surface area contributed by atoms with E-state index in [1.165, 1.54) is 0 Å². The Bertz CT molecular complexity index is 1390. The van der Waals surface area contributed by atoms with Crippen LogP contribution >= 0.6 is 0 Å². The Morgan fingerprint density at radius 1 is 0.857 bits per heavy atom. The minimum atomic E-state index is -0.427. The number of fused-ring (bicyclic) bond motifs is 1. The Labute approximate surface area is 246 Å². The molecule has 3 heterocycles. The van der Waals surface area contributed by atoms with Crippen LogP contribution in [0.3, 0.4) is 0 Å². The summed E-state index contributed by atoms with van der Waals surface area (Å²) in [6.45, 7) is 4.03. The number of benzene rings is 3. The molecule has 3 aromatic carbocycles. The third kappa shape index (κ3) is 5.74. The lowest BCUT2D eigenvalue weighted by atomic mass is 9.82. The summed E-state index contributed by atoms with van der Waals surface area (Å²) in [5.41, 5.74) is 1.66. The number of hydrogen-bond acceptors (Lipinski definition) is 7. The second kappa shape index (κ2) is 12.3. The minimum absolute atomic E-state index is 0.00567. The smallest absolute Gasteiger partial charge is 0.228 e. The van der Waals surface area contributed by atoms with Gasteiger partial charge in [0.25, 0.3) is 0 Å². The lowest BCUT2D eigenvalue weighted by Gasteiger charge is -2.44. The molecule has 2 fully saturated rings. The van der Waals surface area contributed by atoms with Crippen molar-refractivity contribution in [3.05, 3.63) is 78.4 Å². The molecule has 42 heavy (non-hydrogen) atoms. The molecule has 3 atom stereocenters. The third-order valence-electron chi connectivity index (χ3n) is 8.44. The van der Waals surface area contributed by atoms with E-state index in [0.29, 0.717) is 38.3 Å². The van der Waals surface area contributed by atoms with Crippen LogP contribution in [0.1, 0.15) is 24.4 Å². The van der Waals surface area contributed by atoms with Crippen LogP contribution in [0.2, 0.25) is 0 Å². The number of hydrogen-bond donors (Lipinski definition) is 0. The van der Waals surface area contributed by atoms with E-state index in [1.807, 2.05) is 77.7 Å². The highest BCUT2D eigenvalue weighted by atomic mass is 16.6. The van der Waals surface area contributed by atoms with Crippen LogP contribution in [-0.2, 0) is 9.59 Å². The molecular formula is C33H37N3O6. The van der Waals surface area contributed by atoms with Gasteiger partial charge in [0, 0.05) is 44.8 Å². The molecule has 0 unspecified atom stereocenters. The number of carbonyl (C=O) groups is 2. The number of piperidine rings is 1. The first-order valence-corrected chi connectivity index (χ1v) is 14.5. The zero-order valence-electron chi connectivity index (χ0n) is 24.1. The van der Waals surface area contributed by atoms with E-state index in [9.17, 15) is 9.59 Å². The van der Waals surface area contributed by atoms with Crippen molar-refractivity contribution in [3.8, 4) is 23.0 Å². The molecule has 3 aromatic rings. The van der Waals surface area contributed by atoms with Gasteiger partial charge in [0.05, 0.1) is 26.2 Å².